The van der Waals surface area contributed by atoms with Gasteiger partial charge in [-0.2, -0.15) is 5.26 Å². The van der Waals surface area contributed by atoms with E-state index in [1.54, 1.807) is 66.7 Å². The van der Waals surface area contributed by atoms with E-state index >= 15 is 0 Å². The number of hydrogen-bond acceptors (Lipinski definition) is 6. The fourth-order valence-corrected chi connectivity index (χ4v) is 4.09. The number of fused-ring (bicyclic) bond motifs is 1. The molecular weight excluding hydrogens is 420 g/mol. The summed E-state index contributed by atoms with van der Waals surface area (Å²) in [6, 6.07) is 21.5. The van der Waals surface area contributed by atoms with Crippen LogP contribution < -0.4 is 14.4 Å². The van der Waals surface area contributed by atoms with Crippen molar-refractivity contribution in [3.63, 3.8) is 0 Å². The number of Topliss-reactive ketones (excluding diaryl/α,β-unsaturated/α-hetero) is 1. The van der Waals surface area contributed by atoms with Crippen molar-refractivity contribution >= 4 is 23.1 Å². The van der Waals surface area contributed by atoms with E-state index in [2.05, 4.69) is 0 Å². The van der Waals surface area contributed by atoms with Crippen molar-refractivity contribution in [3.05, 3.63) is 95.1 Å². The van der Waals surface area contributed by atoms with Crippen molar-refractivity contribution in [3.8, 4) is 17.6 Å². The molecule has 2 heterocycles. The average Bonchev–Trinajstić information content (AvgIpc) is 3.14. The topological polar surface area (TPSA) is 99.9 Å². The maximum atomic E-state index is 13.2. The molecule has 3 aromatic carbocycles. The first-order valence-electron chi connectivity index (χ1n) is 10.3. The molecule has 162 valence electrons. The number of hydrogen-bond donors (Lipinski definition) is 1. The fraction of sp³-hybridized carbons (Fsp3) is 0.115. The molecule has 33 heavy (non-hydrogen) atoms. The summed E-state index contributed by atoms with van der Waals surface area (Å²) >= 11 is 0. The summed E-state index contributed by atoms with van der Waals surface area (Å²) in [4.78, 5) is 27.7. The Morgan fingerprint density at radius 3 is 2.33 bits per heavy atom. The number of nitrogens with zero attached hydrogens (tertiary/aromatic N) is 2. The highest BCUT2D eigenvalue weighted by Gasteiger charge is 2.47. The van der Waals surface area contributed by atoms with Crippen LogP contribution in [0.15, 0.2) is 78.4 Å². The minimum Gasteiger partial charge on any atom is -0.507 e. The van der Waals surface area contributed by atoms with Gasteiger partial charge in [-0.3, -0.25) is 14.5 Å². The van der Waals surface area contributed by atoms with Crippen LogP contribution in [0.1, 0.15) is 22.7 Å². The predicted molar refractivity (Wildman–Crippen MR) is 120 cm³/mol. The number of amides is 1. The third-order valence-corrected chi connectivity index (χ3v) is 5.65. The molecule has 1 amide bonds. The van der Waals surface area contributed by atoms with Gasteiger partial charge in [0, 0.05) is 11.3 Å². The van der Waals surface area contributed by atoms with E-state index in [0.717, 1.165) is 0 Å². The van der Waals surface area contributed by atoms with Crippen LogP contribution in [0.25, 0.3) is 5.76 Å². The normalized spacial score (nSPS) is 18.8. The van der Waals surface area contributed by atoms with Crippen LogP contribution in [0.5, 0.6) is 11.5 Å². The molecule has 7 nitrogen and oxygen atoms in total. The minimum absolute atomic E-state index is 0.0211. The van der Waals surface area contributed by atoms with E-state index in [1.807, 2.05) is 12.1 Å². The van der Waals surface area contributed by atoms with Gasteiger partial charge in [0.15, 0.2) is 11.5 Å². The number of carbonyl (C=O) groups excluding carboxylic acids is 2. The predicted octanol–water partition coefficient (Wildman–Crippen LogP) is 3.96. The quantitative estimate of drug-likeness (QED) is 0.378. The van der Waals surface area contributed by atoms with E-state index in [0.29, 0.717) is 47.1 Å². The molecule has 0 radical (unpaired) electrons. The van der Waals surface area contributed by atoms with E-state index in [1.165, 1.54) is 4.90 Å². The van der Waals surface area contributed by atoms with Crippen molar-refractivity contribution in [2.45, 2.75) is 6.04 Å². The van der Waals surface area contributed by atoms with Crippen LogP contribution in [-0.2, 0) is 9.59 Å². The molecule has 0 spiro atoms. The lowest BCUT2D eigenvalue weighted by Gasteiger charge is -2.25. The third kappa shape index (κ3) is 3.48. The number of carbonyl (C=O) groups is 2. The second kappa shape index (κ2) is 8.17. The molecule has 5 rings (SSSR count). The van der Waals surface area contributed by atoms with Crippen molar-refractivity contribution < 1.29 is 24.2 Å². The van der Waals surface area contributed by atoms with E-state index < -0.39 is 17.7 Å². The number of aliphatic hydroxyl groups excluding tert-OH is 1. The summed E-state index contributed by atoms with van der Waals surface area (Å²) in [6.45, 7) is 0.812. The monoisotopic (exact) mass is 438 g/mol. The van der Waals surface area contributed by atoms with Gasteiger partial charge in [0.2, 0.25) is 0 Å². The van der Waals surface area contributed by atoms with Crippen LogP contribution in [0.3, 0.4) is 0 Å². The first-order valence-corrected chi connectivity index (χ1v) is 10.3. The molecular formula is C26H18N2O5. The molecule has 1 unspecified atom stereocenters. The van der Waals surface area contributed by atoms with Crippen LogP contribution in [0.2, 0.25) is 0 Å². The van der Waals surface area contributed by atoms with Gasteiger partial charge in [-0.1, -0.05) is 30.3 Å². The number of ether oxygens (including phenoxy) is 2. The molecule has 3 aromatic rings. The highest BCUT2D eigenvalue weighted by molar-refractivity contribution is 6.51. The molecule has 7 heteroatoms. The summed E-state index contributed by atoms with van der Waals surface area (Å²) in [7, 11) is 0. The molecule has 1 saturated heterocycles. The van der Waals surface area contributed by atoms with Gasteiger partial charge in [-0.15, -0.1) is 0 Å². The van der Waals surface area contributed by atoms with Gasteiger partial charge in [0.05, 0.1) is 23.2 Å². The number of benzene rings is 3. The largest absolute Gasteiger partial charge is 0.507 e. The zero-order valence-corrected chi connectivity index (χ0v) is 17.4. The number of ketones is 1. The summed E-state index contributed by atoms with van der Waals surface area (Å²) < 4.78 is 11.1. The Hall–Kier alpha value is -4.57. The van der Waals surface area contributed by atoms with Crippen molar-refractivity contribution in [2.75, 3.05) is 18.1 Å². The minimum atomic E-state index is -0.840. The summed E-state index contributed by atoms with van der Waals surface area (Å²) in [5, 5.41) is 20.3. The lowest BCUT2D eigenvalue weighted by Crippen LogP contribution is -2.29. The van der Waals surface area contributed by atoms with Gasteiger partial charge >= 0.3 is 0 Å². The summed E-state index contributed by atoms with van der Waals surface area (Å²) in [6.07, 6.45) is 0. The maximum Gasteiger partial charge on any atom is 0.300 e. The zero-order chi connectivity index (χ0) is 22.9. The Balaban J connectivity index is 1.67. The van der Waals surface area contributed by atoms with Crippen molar-refractivity contribution in [1.29, 1.82) is 5.26 Å². The molecule has 1 atom stereocenters. The molecule has 0 aliphatic carbocycles. The van der Waals surface area contributed by atoms with Crippen LogP contribution in [-0.4, -0.2) is 30.0 Å². The highest BCUT2D eigenvalue weighted by atomic mass is 16.6. The number of aliphatic hydroxyl groups is 1. The molecule has 0 bridgehead atoms. The van der Waals surface area contributed by atoms with Gasteiger partial charge in [0.25, 0.3) is 11.7 Å². The smallest absolute Gasteiger partial charge is 0.300 e. The molecule has 0 saturated carbocycles. The van der Waals surface area contributed by atoms with Crippen LogP contribution in [0, 0.1) is 11.3 Å². The summed E-state index contributed by atoms with van der Waals surface area (Å²) in [5.74, 6) is -0.832. The number of rotatable bonds is 3. The summed E-state index contributed by atoms with van der Waals surface area (Å²) in [5.41, 5.74) is 1.87. The van der Waals surface area contributed by atoms with E-state index in [9.17, 15) is 14.7 Å². The Kier molecular flexibility index (Phi) is 5.04. The molecule has 1 fully saturated rings. The maximum absolute atomic E-state index is 13.2. The van der Waals surface area contributed by atoms with Gasteiger partial charge in [-0.25, -0.2) is 0 Å². The van der Waals surface area contributed by atoms with Crippen LogP contribution >= 0.6 is 0 Å². The molecule has 2 aliphatic heterocycles. The standard InChI is InChI=1S/C26H18N2O5/c27-15-16-6-9-19(10-7-16)28-23(17-4-2-1-3-5-17)22(25(30)26(28)31)24(29)18-8-11-20-21(14-18)33-13-12-32-20/h1-11,14,23,29H,12-13H2/b24-22-. The lowest BCUT2D eigenvalue weighted by molar-refractivity contribution is -0.132. The van der Waals surface area contributed by atoms with E-state index in [-0.39, 0.29) is 11.3 Å². The second-order valence-electron chi connectivity index (χ2n) is 7.60. The lowest BCUT2D eigenvalue weighted by atomic mass is 9.95. The van der Waals surface area contributed by atoms with Crippen molar-refractivity contribution in [2.24, 2.45) is 0 Å². The molecule has 2 aliphatic rings. The average molecular weight is 438 g/mol. The number of anilines is 1. The van der Waals surface area contributed by atoms with Gasteiger partial charge in [0.1, 0.15) is 19.0 Å². The molecule has 0 aromatic heterocycles. The van der Waals surface area contributed by atoms with Crippen molar-refractivity contribution in [1.82, 2.24) is 0 Å². The highest BCUT2D eigenvalue weighted by Crippen LogP contribution is 2.43. The zero-order valence-electron chi connectivity index (χ0n) is 17.4. The number of nitriles is 1. The fourth-order valence-electron chi connectivity index (χ4n) is 4.09. The SMILES string of the molecule is N#Cc1ccc(N2C(=O)C(=O)/C(=C(\O)c3ccc4c(c3)OCCO4)C2c2ccccc2)cc1. The van der Waals surface area contributed by atoms with Gasteiger partial charge < -0.3 is 14.6 Å². The second-order valence-corrected chi connectivity index (χ2v) is 7.60. The van der Waals surface area contributed by atoms with Crippen LogP contribution in [0.4, 0.5) is 5.69 Å². The van der Waals surface area contributed by atoms with E-state index in [4.69, 9.17) is 14.7 Å². The first kappa shape index (κ1) is 20.3. The Morgan fingerprint density at radius 2 is 1.64 bits per heavy atom. The Bertz CT molecular complexity index is 1320. The third-order valence-electron chi connectivity index (χ3n) is 5.65. The first-order chi connectivity index (χ1) is 16.1. The van der Waals surface area contributed by atoms with Gasteiger partial charge in [-0.05, 0) is 48.0 Å². The Labute approximate surface area is 189 Å². The Morgan fingerprint density at radius 1 is 0.939 bits per heavy atom. The molecule has 1 N–H and O–H groups in total.